The molecule has 0 radical (unpaired) electrons. The lowest BCUT2D eigenvalue weighted by Gasteiger charge is -2.17. The molecule has 1 aromatic rings. The van der Waals surface area contributed by atoms with Gasteiger partial charge in [-0.2, -0.15) is 12.6 Å². The minimum atomic E-state index is -0.701. The molecule has 16 heavy (non-hydrogen) atoms. The zero-order valence-electron chi connectivity index (χ0n) is 8.49. The topological polar surface area (TPSA) is 20.3 Å². The maximum Gasteiger partial charge on any atom is 0.227 e. The fraction of sp³-hybridized carbons (Fsp3) is 0.364. The average Bonchev–Trinajstić information content (AvgIpc) is 2.60. The van der Waals surface area contributed by atoms with Crippen molar-refractivity contribution in [3.8, 4) is 0 Å². The molecule has 0 bridgehead atoms. The summed E-state index contributed by atoms with van der Waals surface area (Å²) in [6, 6.07) is 3.24. The van der Waals surface area contributed by atoms with Gasteiger partial charge in [0.2, 0.25) is 5.91 Å². The molecular weight excluding hydrogens is 232 g/mol. The molecule has 1 atom stereocenters. The van der Waals surface area contributed by atoms with E-state index in [0.717, 1.165) is 12.1 Å². The molecule has 86 valence electrons. The smallest absolute Gasteiger partial charge is 0.227 e. The van der Waals surface area contributed by atoms with Crippen LogP contribution in [0.2, 0.25) is 0 Å². The molecule has 1 aromatic carbocycles. The Bertz CT molecular complexity index is 424. The van der Waals surface area contributed by atoms with Crippen LogP contribution < -0.4 is 4.90 Å². The van der Waals surface area contributed by atoms with Crippen molar-refractivity contribution in [2.45, 2.75) is 6.42 Å². The Kier molecular flexibility index (Phi) is 3.14. The van der Waals surface area contributed by atoms with Crippen LogP contribution in [0.1, 0.15) is 6.42 Å². The first kappa shape index (κ1) is 11.4. The second-order valence-corrected chi connectivity index (χ2v) is 4.22. The van der Waals surface area contributed by atoms with Gasteiger partial charge in [0.1, 0.15) is 11.6 Å². The zero-order valence-corrected chi connectivity index (χ0v) is 9.38. The van der Waals surface area contributed by atoms with Crippen molar-refractivity contribution < 1.29 is 13.6 Å². The van der Waals surface area contributed by atoms with Crippen LogP contribution >= 0.6 is 12.6 Å². The van der Waals surface area contributed by atoms with Crippen LogP contribution in [0.15, 0.2) is 18.2 Å². The predicted octanol–water partition coefficient (Wildman–Crippen LogP) is 2.25. The van der Waals surface area contributed by atoms with Crippen LogP contribution in [0.5, 0.6) is 0 Å². The second kappa shape index (κ2) is 4.41. The van der Waals surface area contributed by atoms with Gasteiger partial charge < -0.3 is 4.90 Å². The molecule has 1 aliphatic heterocycles. The number of anilines is 1. The molecule has 0 saturated carbocycles. The fourth-order valence-corrected chi connectivity index (χ4v) is 2.08. The normalized spacial score (nSPS) is 20.6. The van der Waals surface area contributed by atoms with E-state index in [2.05, 4.69) is 12.6 Å². The molecule has 1 saturated heterocycles. The summed E-state index contributed by atoms with van der Waals surface area (Å²) >= 11 is 4.12. The third-order valence-electron chi connectivity index (χ3n) is 2.66. The van der Waals surface area contributed by atoms with Crippen molar-refractivity contribution in [2.75, 3.05) is 17.2 Å². The first-order chi connectivity index (χ1) is 7.61. The Morgan fingerprint density at radius 3 is 2.75 bits per heavy atom. The Hall–Kier alpha value is -1.10. The van der Waals surface area contributed by atoms with E-state index in [1.165, 1.54) is 11.0 Å². The molecule has 2 nitrogen and oxygen atoms in total. The Morgan fingerprint density at radius 1 is 1.44 bits per heavy atom. The van der Waals surface area contributed by atoms with Crippen LogP contribution in [0.3, 0.4) is 0 Å². The van der Waals surface area contributed by atoms with Gasteiger partial charge in [-0.3, -0.25) is 4.79 Å². The maximum absolute atomic E-state index is 13.5. The molecule has 1 fully saturated rings. The summed E-state index contributed by atoms with van der Waals surface area (Å²) in [5.41, 5.74) is 0.149. The van der Waals surface area contributed by atoms with Crippen LogP contribution in [-0.2, 0) is 4.79 Å². The minimum absolute atomic E-state index is 0.135. The number of amides is 1. The quantitative estimate of drug-likeness (QED) is 0.790. The standard InChI is InChI=1S/C11H11F2NOS/c12-8-1-2-10(9(13)4-8)14-5-7(6-16)3-11(14)15/h1-2,4,7,16H,3,5-6H2. The lowest BCUT2D eigenvalue weighted by atomic mass is 10.1. The van der Waals surface area contributed by atoms with Crippen molar-refractivity contribution >= 4 is 24.2 Å². The minimum Gasteiger partial charge on any atom is -0.309 e. The summed E-state index contributed by atoms with van der Waals surface area (Å²) in [5, 5.41) is 0. The molecule has 1 unspecified atom stereocenters. The van der Waals surface area contributed by atoms with E-state index in [1.54, 1.807) is 0 Å². The van der Waals surface area contributed by atoms with Gasteiger partial charge in [-0.05, 0) is 23.8 Å². The summed E-state index contributed by atoms with van der Waals surface area (Å²) < 4.78 is 26.2. The molecule has 0 aromatic heterocycles. The molecule has 1 amide bonds. The predicted molar refractivity (Wildman–Crippen MR) is 60.7 cm³/mol. The third kappa shape index (κ3) is 2.04. The number of nitrogens with zero attached hydrogens (tertiary/aromatic N) is 1. The van der Waals surface area contributed by atoms with Crippen molar-refractivity contribution in [3.63, 3.8) is 0 Å². The van der Waals surface area contributed by atoms with Crippen molar-refractivity contribution in [1.82, 2.24) is 0 Å². The van der Waals surface area contributed by atoms with Crippen molar-refractivity contribution in [3.05, 3.63) is 29.8 Å². The maximum atomic E-state index is 13.5. The Morgan fingerprint density at radius 2 is 2.19 bits per heavy atom. The van der Waals surface area contributed by atoms with Crippen LogP contribution in [0, 0.1) is 17.6 Å². The molecule has 0 N–H and O–H groups in total. The van der Waals surface area contributed by atoms with Gasteiger partial charge in [-0.25, -0.2) is 8.78 Å². The van der Waals surface area contributed by atoms with Gasteiger partial charge >= 0.3 is 0 Å². The van der Waals surface area contributed by atoms with Gasteiger partial charge in [0.05, 0.1) is 5.69 Å². The van der Waals surface area contributed by atoms with E-state index in [9.17, 15) is 13.6 Å². The van der Waals surface area contributed by atoms with E-state index >= 15 is 0 Å². The molecule has 1 heterocycles. The highest BCUT2D eigenvalue weighted by molar-refractivity contribution is 7.80. The first-order valence-corrected chi connectivity index (χ1v) is 5.61. The molecule has 0 aliphatic carbocycles. The van der Waals surface area contributed by atoms with Gasteiger partial charge in [0.15, 0.2) is 0 Å². The van der Waals surface area contributed by atoms with Crippen LogP contribution in [0.4, 0.5) is 14.5 Å². The van der Waals surface area contributed by atoms with E-state index in [4.69, 9.17) is 0 Å². The number of benzene rings is 1. The van der Waals surface area contributed by atoms with E-state index in [0.29, 0.717) is 18.7 Å². The van der Waals surface area contributed by atoms with Gasteiger partial charge in [-0.1, -0.05) is 0 Å². The molecule has 5 heteroatoms. The molecule has 1 aliphatic rings. The van der Waals surface area contributed by atoms with Gasteiger partial charge in [-0.15, -0.1) is 0 Å². The second-order valence-electron chi connectivity index (χ2n) is 3.85. The monoisotopic (exact) mass is 243 g/mol. The summed E-state index contributed by atoms with van der Waals surface area (Å²) in [7, 11) is 0. The number of hydrogen-bond acceptors (Lipinski definition) is 2. The highest BCUT2D eigenvalue weighted by atomic mass is 32.1. The highest BCUT2D eigenvalue weighted by Crippen LogP contribution is 2.28. The number of thiol groups is 1. The summed E-state index contributed by atoms with van der Waals surface area (Å²) in [6.45, 7) is 0.449. The number of carbonyl (C=O) groups is 1. The van der Waals surface area contributed by atoms with Gasteiger partial charge in [0.25, 0.3) is 0 Å². The molecule has 2 rings (SSSR count). The average molecular weight is 243 g/mol. The number of halogens is 2. The largest absolute Gasteiger partial charge is 0.309 e. The first-order valence-electron chi connectivity index (χ1n) is 4.98. The van der Waals surface area contributed by atoms with Crippen LogP contribution in [-0.4, -0.2) is 18.2 Å². The van der Waals surface area contributed by atoms with Crippen LogP contribution in [0.25, 0.3) is 0 Å². The lowest BCUT2D eigenvalue weighted by Crippen LogP contribution is -2.25. The third-order valence-corrected chi connectivity index (χ3v) is 3.18. The van der Waals surface area contributed by atoms with Crippen molar-refractivity contribution in [2.24, 2.45) is 5.92 Å². The van der Waals surface area contributed by atoms with E-state index in [-0.39, 0.29) is 17.5 Å². The van der Waals surface area contributed by atoms with E-state index < -0.39 is 11.6 Å². The SMILES string of the molecule is O=C1CC(CS)CN1c1ccc(F)cc1F. The Labute approximate surface area is 97.7 Å². The Balaban J connectivity index is 2.28. The molecule has 0 spiro atoms. The lowest BCUT2D eigenvalue weighted by molar-refractivity contribution is -0.117. The fourth-order valence-electron chi connectivity index (χ4n) is 1.84. The zero-order chi connectivity index (χ0) is 11.7. The van der Waals surface area contributed by atoms with Crippen molar-refractivity contribution in [1.29, 1.82) is 0 Å². The summed E-state index contributed by atoms with van der Waals surface area (Å²) in [6.07, 6.45) is 0.375. The number of carbonyl (C=O) groups excluding carboxylic acids is 1. The molecular formula is C11H11F2NOS. The summed E-state index contributed by atoms with van der Waals surface area (Å²) in [5.74, 6) is -0.748. The summed E-state index contributed by atoms with van der Waals surface area (Å²) in [4.78, 5) is 13.0. The number of hydrogen-bond donors (Lipinski definition) is 1. The van der Waals surface area contributed by atoms with Gasteiger partial charge in [0, 0.05) is 19.0 Å². The van der Waals surface area contributed by atoms with E-state index in [1.807, 2.05) is 0 Å². The number of rotatable bonds is 2. The highest BCUT2D eigenvalue weighted by Gasteiger charge is 2.31.